The second kappa shape index (κ2) is 11.4. The molecule has 0 saturated carbocycles. The molecular formula is C30H32N4O5. The number of ether oxygens (including phenoxy) is 1. The molecule has 0 bridgehead atoms. The maximum atomic E-state index is 12.7. The van der Waals surface area contributed by atoms with E-state index < -0.39 is 29.5 Å². The molecule has 0 aromatic heterocycles. The predicted molar refractivity (Wildman–Crippen MR) is 148 cm³/mol. The molecule has 5 N–H and O–H groups in total. The molecule has 9 heteroatoms. The molecule has 3 aromatic rings. The highest BCUT2D eigenvalue weighted by Crippen LogP contribution is 2.44. The van der Waals surface area contributed by atoms with Gasteiger partial charge in [0, 0.05) is 24.9 Å². The van der Waals surface area contributed by atoms with E-state index in [-0.39, 0.29) is 24.9 Å². The van der Waals surface area contributed by atoms with Crippen LogP contribution in [0, 0.1) is 0 Å². The van der Waals surface area contributed by atoms with Crippen LogP contribution in [0.2, 0.25) is 0 Å². The number of fused-ring (bicyclic) bond motifs is 3. The molecule has 39 heavy (non-hydrogen) atoms. The topological polar surface area (TPSA) is 140 Å². The molecule has 9 nitrogen and oxygen atoms in total. The minimum absolute atomic E-state index is 0.0399. The molecule has 3 aromatic carbocycles. The highest BCUT2D eigenvalue weighted by molar-refractivity contribution is 5.93. The van der Waals surface area contributed by atoms with Gasteiger partial charge in [0.1, 0.15) is 18.2 Å². The summed E-state index contributed by atoms with van der Waals surface area (Å²) in [5.41, 5.74) is 9.90. The van der Waals surface area contributed by atoms with Crippen LogP contribution in [0.15, 0.2) is 72.8 Å². The Kier molecular flexibility index (Phi) is 7.99. The average molecular weight is 529 g/mol. The summed E-state index contributed by atoms with van der Waals surface area (Å²) < 4.78 is 5.59. The Morgan fingerprint density at radius 3 is 2.00 bits per heavy atom. The number of amides is 4. The van der Waals surface area contributed by atoms with Crippen molar-refractivity contribution in [2.24, 2.45) is 5.73 Å². The van der Waals surface area contributed by atoms with Crippen molar-refractivity contribution in [2.75, 3.05) is 11.9 Å². The molecule has 0 heterocycles. The summed E-state index contributed by atoms with van der Waals surface area (Å²) in [7, 11) is 0. The van der Waals surface area contributed by atoms with Crippen molar-refractivity contribution >= 4 is 29.5 Å². The van der Waals surface area contributed by atoms with Gasteiger partial charge in [-0.1, -0.05) is 60.7 Å². The zero-order valence-electron chi connectivity index (χ0n) is 22.1. The van der Waals surface area contributed by atoms with Crippen molar-refractivity contribution in [1.82, 2.24) is 10.6 Å². The van der Waals surface area contributed by atoms with Crippen LogP contribution in [0.25, 0.3) is 11.1 Å². The average Bonchev–Trinajstić information content (AvgIpc) is 3.21. The first-order chi connectivity index (χ1) is 18.5. The Hall–Kier alpha value is -4.66. The summed E-state index contributed by atoms with van der Waals surface area (Å²) in [6.07, 6.45) is -0.403. The van der Waals surface area contributed by atoms with Gasteiger partial charge in [-0.05, 0) is 53.8 Å². The largest absolute Gasteiger partial charge is 0.448 e. The first kappa shape index (κ1) is 27.4. The minimum atomic E-state index is -1.27. The third-order valence-corrected chi connectivity index (χ3v) is 6.73. The van der Waals surface area contributed by atoms with E-state index in [4.69, 9.17) is 10.5 Å². The van der Waals surface area contributed by atoms with Gasteiger partial charge in [0.05, 0.1) is 0 Å². The Morgan fingerprint density at radius 2 is 1.46 bits per heavy atom. The lowest BCUT2D eigenvalue weighted by molar-refractivity contribution is -0.133. The lowest BCUT2D eigenvalue weighted by Crippen LogP contribution is -2.58. The van der Waals surface area contributed by atoms with Gasteiger partial charge in [0.25, 0.3) is 0 Å². The van der Waals surface area contributed by atoms with Crippen molar-refractivity contribution in [1.29, 1.82) is 0 Å². The number of primary amides is 1. The van der Waals surface area contributed by atoms with Crippen LogP contribution in [0.1, 0.15) is 43.4 Å². The van der Waals surface area contributed by atoms with Crippen molar-refractivity contribution in [2.45, 2.75) is 44.7 Å². The molecule has 0 aliphatic heterocycles. The van der Waals surface area contributed by atoms with Gasteiger partial charge >= 0.3 is 6.09 Å². The molecule has 1 aliphatic carbocycles. The molecule has 0 spiro atoms. The maximum Gasteiger partial charge on any atom is 0.411 e. The fraction of sp³-hybridized carbons (Fsp3) is 0.267. The third-order valence-electron chi connectivity index (χ3n) is 6.73. The Balaban J connectivity index is 1.36. The van der Waals surface area contributed by atoms with Crippen LogP contribution in [-0.4, -0.2) is 42.0 Å². The number of nitrogens with one attached hydrogen (secondary N) is 3. The number of benzene rings is 3. The fourth-order valence-corrected chi connectivity index (χ4v) is 4.62. The van der Waals surface area contributed by atoms with Crippen LogP contribution >= 0.6 is 0 Å². The van der Waals surface area contributed by atoms with Crippen molar-refractivity contribution < 1.29 is 23.9 Å². The molecule has 0 fully saturated rings. The van der Waals surface area contributed by atoms with E-state index in [1.807, 2.05) is 24.3 Å². The summed E-state index contributed by atoms with van der Waals surface area (Å²) in [5.74, 6) is -1.65. The van der Waals surface area contributed by atoms with Gasteiger partial charge in [-0.25, -0.2) is 4.79 Å². The molecule has 1 atom stereocenters. The predicted octanol–water partition coefficient (Wildman–Crippen LogP) is 3.47. The minimum Gasteiger partial charge on any atom is -0.448 e. The summed E-state index contributed by atoms with van der Waals surface area (Å²) in [5, 5.41) is 7.90. The van der Waals surface area contributed by atoms with Crippen molar-refractivity contribution in [3.05, 3.63) is 89.5 Å². The molecule has 0 radical (unpaired) electrons. The fourth-order valence-electron chi connectivity index (χ4n) is 4.62. The van der Waals surface area contributed by atoms with Crippen LogP contribution < -0.4 is 21.7 Å². The lowest BCUT2D eigenvalue weighted by atomic mass is 9.98. The number of nitrogens with two attached hydrogens (primary N) is 1. The van der Waals surface area contributed by atoms with Gasteiger partial charge in [-0.3, -0.25) is 19.7 Å². The first-order valence-corrected chi connectivity index (χ1v) is 12.6. The SMILES string of the molecule is CC(=O)N[C@@H](Cc1ccc(NC(=O)OCC2c3ccccc3-c3ccccc32)cc1)C(=O)NC(C)(C)C(N)=O. The maximum absolute atomic E-state index is 12.7. The second-order valence-electron chi connectivity index (χ2n) is 10.1. The Morgan fingerprint density at radius 1 is 0.897 bits per heavy atom. The highest BCUT2D eigenvalue weighted by atomic mass is 16.5. The van der Waals surface area contributed by atoms with Gasteiger partial charge in [-0.15, -0.1) is 0 Å². The van der Waals surface area contributed by atoms with E-state index in [0.717, 1.165) is 27.8 Å². The molecule has 0 saturated heterocycles. The zero-order chi connectivity index (χ0) is 28.2. The summed E-state index contributed by atoms with van der Waals surface area (Å²) in [6.45, 7) is 4.48. The summed E-state index contributed by atoms with van der Waals surface area (Å²) in [6, 6.07) is 22.2. The number of hydrogen-bond acceptors (Lipinski definition) is 5. The summed E-state index contributed by atoms with van der Waals surface area (Å²) >= 11 is 0. The quantitative estimate of drug-likeness (QED) is 0.337. The third kappa shape index (κ3) is 6.43. The normalized spacial score (nSPS) is 13.0. The van der Waals surface area contributed by atoms with E-state index in [1.165, 1.54) is 20.8 Å². The van der Waals surface area contributed by atoms with Crippen LogP contribution in [0.5, 0.6) is 0 Å². The molecular weight excluding hydrogens is 496 g/mol. The number of rotatable bonds is 9. The number of anilines is 1. The van der Waals surface area contributed by atoms with Crippen molar-refractivity contribution in [3.8, 4) is 11.1 Å². The zero-order valence-corrected chi connectivity index (χ0v) is 22.1. The lowest BCUT2D eigenvalue weighted by Gasteiger charge is -2.26. The molecule has 1 aliphatic rings. The van der Waals surface area contributed by atoms with Gasteiger partial charge in [0.2, 0.25) is 17.7 Å². The van der Waals surface area contributed by atoms with E-state index in [1.54, 1.807) is 24.3 Å². The van der Waals surface area contributed by atoms with E-state index in [9.17, 15) is 19.2 Å². The monoisotopic (exact) mass is 528 g/mol. The summed E-state index contributed by atoms with van der Waals surface area (Å²) in [4.78, 5) is 48.6. The Bertz CT molecular complexity index is 1350. The van der Waals surface area contributed by atoms with E-state index in [2.05, 4.69) is 40.2 Å². The van der Waals surface area contributed by atoms with Crippen LogP contribution in [0.4, 0.5) is 10.5 Å². The van der Waals surface area contributed by atoms with Gasteiger partial charge in [-0.2, -0.15) is 0 Å². The Labute approximate surface area is 227 Å². The smallest absolute Gasteiger partial charge is 0.411 e. The van der Waals surface area contributed by atoms with E-state index in [0.29, 0.717) is 5.69 Å². The molecule has 0 unspecified atom stereocenters. The number of carbonyl (C=O) groups is 4. The standard InChI is InChI=1S/C30H32N4O5/c1-18(35)32-26(27(36)34-30(2,3)28(31)37)16-19-12-14-20(15-13-19)33-29(38)39-17-25-23-10-6-4-8-21(23)22-9-5-7-11-24(22)25/h4-15,25-26H,16-17H2,1-3H3,(H2,31,37)(H,32,35)(H,33,38)(H,34,36)/t26-/m0/s1. The molecule has 202 valence electrons. The van der Waals surface area contributed by atoms with Gasteiger partial charge in [0.15, 0.2) is 0 Å². The highest BCUT2D eigenvalue weighted by Gasteiger charge is 2.31. The second-order valence-corrected chi connectivity index (χ2v) is 10.1. The number of carbonyl (C=O) groups excluding carboxylic acids is 4. The van der Waals surface area contributed by atoms with Gasteiger partial charge < -0.3 is 21.1 Å². The van der Waals surface area contributed by atoms with Crippen molar-refractivity contribution in [3.63, 3.8) is 0 Å². The number of hydrogen-bond donors (Lipinski definition) is 4. The van der Waals surface area contributed by atoms with Crippen LogP contribution in [0.3, 0.4) is 0 Å². The molecule has 4 amide bonds. The molecule has 4 rings (SSSR count). The van der Waals surface area contributed by atoms with Crippen LogP contribution in [-0.2, 0) is 25.5 Å². The van der Waals surface area contributed by atoms with E-state index >= 15 is 0 Å². The first-order valence-electron chi connectivity index (χ1n) is 12.6.